The molecule has 1 aliphatic carbocycles. The second-order valence-electron chi connectivity index (χ2n) is 7.08. The number of fused-ring (bicyclic) bond motifs is 1. The fourth-order valence-electron chi connectivity index (χ4n) is 3.16. The molecule has 0 spiro atoms. The number of rotatable bonds is 3. The van der Waals surface area contributed by atoms with Crippen molar-refractivity contribution in [2.24, 2.45) is 11.8 Å². The highest BCUT2D eigenvalue weighted by molar-refractivity contribution is 5.76. The molecule has 1 aromatic rings. The zero-order valence-electron chi connectivity index (χ0n) is 13.1. The number of amides is 2. The van der Waals surface area contributed by atoms with E-state index in [1.807, 2.05) is 17.9 Å². The molecule has 1 aliphatic heterocycles. The van der Waals surface area contributed by atoms with Gasteiger partial charge in [0, 0.05) is 13.1 Å². The number of benzene rings is 1. The second kappa shape index (κ2) is 4.90. The molecule has 2 atom stereocenters. The molecule has 112 valence electrons. The van der Waals surface area contributed by atoms with Gasteiger partial charge in [0.05, 0.1) is 5.54 Å². The van der Waals surface area contributed by atoms with Gasteiger partial charge in [-0.25, -0.2) is 4.79 Å². The maximum atomic E-state index is 12.4. The number of allylic oxidation sites excluding steroid dienone is 1. The van der Waals surface area contributed by atoms with Gasteiger partial charge in [0.2, 0.25) is 0 Å². The number of hydrogen-bond acceptors (Lipinski definition) is 1. The van der Waals surface area contributed by atoms with Crippen molar-refractivity contribution in [2.75, 3.05) is 13.1 Å². The quantitative estimate of drug-likeness (QED) is 0.903. The molecule has 2 aliphatic rings. The van der Waals surface area contributed by atoms with E-state index in [0.29, 0.717) is 0 Å². The Morgan fingerprint density at radius 2 is 2.00 bits per heavy atom. The highest BCUT2D eigenvalue weighted by Crippen LogP contribution is 2.44. The maximum absolute atomic E-state index is 12.4. The van der Waals surface area contributed by atoms with Crippen LogP contribution in [0.2, 0.25) is 0 Å². The number of nitrogens with zero attached hydrogens (tertiary/aromatic N) is 1. The maximum Gasteiger partial charge on any atom is 0.318 e. The zero-order chi connectivity index (χ0) is 15.2. The number of likely N-dealkylation sites (tertiary alicyclic amines) is 1. The molecule has 1 N–H and O–H groups in total. The van der Waals surface area contributed by atoms with Crippen LogP contribution in [0, 0.1) is 11.8 Å². The second-order valence-corrected chi connectivity index (χ2v) is 7.08. The molecule has 1 saturated heterocycles. The average Bonchev–Trinajstić information content (AvgIpc) is 3.04. The first-order chi connectivity index (χ1) is 9.87. The Kier molecular flexibility index (Phi) is 3.31. The minimum Gasteiger partial charge on any atom is -0.329 e. The largest absolute Gasteiger partial charge is 0.329 e. The molecule has 1 aromatic carbocycles. The van der Waals surface area contributed by atoms with Crippen molar-refractivity contribution in [1.29, 1.82) is 0 Å². The molecule has 2 unspecified atom stereocenters. The number of piperidine rings is 1. The highest BCUT2D eigenvalue weighted by atomic mass is 16.2. The SMILES string of the molecule is C=C(C)c1cccc(C(C)(C)NC(=O)N2CC3CC3C2)c1. The van der Waals surface area contributed by atoms with E-state index in [4.69, 9.17) is 0 Å². The fourth-order valence-corrected chi connectivity index (χ4v) is 3.16. The van der Waals surface area contributed by atoms with Gasteiger partial charge < -0.3 is 10.2 Å². The topological polar surface area (TPSA) is 32.3 Å². The normalized spacial score (nSPS) is 23.7. The van der Waals surface area contributed by atoms with Crippen molar-refractivity contribution in [3.8, 4) is 0 Å². The Labute approximate surface area is 127 Å². The van der Waals surface area contributed by atoms with E-state index in [9.17, 15) is 4.79 Å². The predicted molar refractivity (Wildman–Crippen MR) is 85.9 cm³/mol. The standard InChI is InChI=1S/C18H24N2O/c1-12(2)13-6-5-7-16(9-13)18(3,4)19-17(21)20-10-14-8-15(14)11-20/h5-7,9,14-15H,1,8,10-11H2,2-4H3,(H,19,21). The Balaban J connectivity index is 1.72. The van der Waals surface area contributed by atoms with Gasteiger partial charge >= 0.3 is 6.03 Å². The number of carbonyl (C=O) groups is 1. The summed E-state index contributed by atoms with van der Waals surface area (Å²) in [5.41, 5.74) is 2.89. The molecule has 0 bridgehead atoms. The van der Waals surface area contributed by atoms with Gasteiger partial charge in [-0.1, -0.05) is 30.4 Å². The van der Waals surface area contributed by atoms with Crippen molar-refractivity contribution in [1.82, 2.24) is 10.2 Å². The molecular formula is C18H24N2O. The predicted octanol–water partition coefficient (Wildman–Crippen LogP) is 3.62. The van der Waals surface area contributed by atoms with E-state index in [2.05, 4.69) is 43.9 Å². The number of hydrogen-bond donors (Lipinski definition) is 1. The Morgan fingerprint density at radius 1 is 1.33 bits per heavy atom. The molecule has 3 nitrogen and oxygen atoms in total. The third kappa shape index (κ3) is 2.82. The van der Waals surface area contributed by atoms with Crippen LogP contribution < -0.4 is 5.32 Å². The van der Waals surface area contributed by atoms with Crippen LogP contribution in [0.15, 0.2) is 30.8 Å². The first-order valence-corrected chi connectivity index (χ1v) is 7.70. The molecule has 1 saturated carbocycles. The third-order valence-corrected chi connectivity index (χ3v) is 4.76. The van der Waals surface area contributed by atoms with Gasteiger partial charge in [0.25, 0.3) is 0 Å². The van der Waals surface area contributed by atoms with E-state index >= 15 is 0 Å². The molecule has 3 heteroatoms. The van der Waals surface area contributed by atoms with Crippen LogP contribution in [0.5, 0.6) is 0 Å². The Bertz CT molecular complexity index is 581. The molecule has 0 radical (unpaired) electrons. The van der Waals surface area contributed by atoms with E-state index in [0.717, 1.165) is 41.6 Å². The van der Waals surface area contributed by atoms with Gasteiger partial charge in [0.1, 0.15) is 0 Å². The Morgan fingerprint density at radius 3 is 2.62 bits per heavy atom. The van der Waals surface area contributed by atoms with Crippen molar-refractivity contribution in [3.05, 3.63) is 42.0 Å². The molecule has 3 rings (SSSR count). The summed E-state index contributed by atoms with van der Waals surface area (Å²) < 4.78 is 0. The first-order valence-electron chi connectivity index (χ1n) is 7.70. The summed E-state index contributed by atoms with van der Waals surface area (Å²) >= 11 is 0. The van der Waals surface area contributed by atoms with Gasteiger partial charge in [-0.15, -0.1) is 0 Å². The van der Waals surface area contributed by atoms with Crippen LogP contribution in [0.4, 0.5) is 4.79 Å². The Hall–Kier alpha value is -1.77. The van der Waals surface area contributed by atoms with Crippen LogP contribution in [-0.4, -0.2) is 24.0 Å². The minimum atomic E-state index is -0.380. The summed E-state index contributed by atoms with van der Waals surface area (Å²) in [5, 5.41) is 3.18. The van der Waals surface area contributed by atoms with Crippen molar-refractivity contribution < 1.29 is 4.79 Å². The summed E-state index contributed by atoms with van der Waals surface area (Å²) in [4.78, 5) is 14.4. The average molecular weight is 284 g/mol. The van der Waals surface area contributed by atoms with Gasteiger partial charge in [-0.2, -0.15) is 0 Å². The zero-order valence-corrected chi connectivity index (χ0v) is 13.1. The molecule has 0 aromatic heterocycles. The molecule has 2 amide bonds. The molecule has 1 heterocycles. The van der Waals surface area contributed by atoms with Crippen molar-refractivity contribution in [2.45, 2.75) is 32.7 Å². The van der Waals surface area contributed by atoms with Gasteiger partial charge in [-0.3, -0.25) is 0 Å². The van der Waals surface area contributed by atoms with E-state index in [1.165, 1.54) is 6.42 Å². The number of nitrogens with one attached hydrogen (secondary N) is 1. The lowest BCUT2D eigenvalue weighted by Crippen LogP contribution is -2.48. The van der Waals surface area contributed by atoms with E-state index in [1.54, 1.807) is 0 Å². The first kappa shape index (κ1) is 14.2. The van der Waals surface area contributed by atoms with E-state index in [-0.39, 0.29) is 11.6 Å². The summed E-state index contributed by atoms with van der Waals surface area (Å²) in [5.74, 6) is 1.54. The van der Waals surface area contributed by atoms with Gasteiger partial charge in [-0.05, 0) is 56.2 Å². The summed E-state index contributed by atoms with van der Waals surface area (Å²) in [6.45, 7) is 12.0. The van der Waals surface area contributed by atoms with Crippen LogP contribution in [0.1, 0.15) is 38.3 Å². The number of carbonyl (C=O) groups excluding carboxylic acids is 1. The van der Waals surface area contributed by atoms with Crippen molar-refractivity contribution >= 4 is 11.6 Å². The lowest BCUT2D eigenvalue weighted by atomic mass is 9.92. The summed E-state index contributed by atoms with van der Waals surface area (Å²) in [6, 6.07) is 8.32. The summed E-state index contributed by atoms with van der Waals surface area (Å²) in [7, 11) is 0. The van der Waals surface area contributed by atoms with Crippen molar-refractivity contribution in [3.63, 3.8) is 0 Å². The molecular weight excluding hydrogens is 260 g/mol. The molecule has 2 fully saturated rings. The van der Waals surface area contributed by atoms with E-state index < -0.39 is 0 Å². The molecule has 21 heavy (non-hydrogen) atoms. The van der Waals surface area contributed by atoms with Crippen LogP contribution in [0.25, 0.3) is 5.57 Å². The third-order valence-electron chi connectivity index (χ3n) is 4.76. The minimum absolute atomic E-state index is 0.0629. The fraction of sp³-hybridized carbons (Fsp3) is 0.500. The lowest BCUT2D eigenvalue weighted by Gasteiger charge is -2.30. The van der Waals surface area contributed by atoms with Crippen LogP contribution in [-0.2, 0) is 5.54 Å². The lowest BCUT2D eigenvalue weighted by molar-refractivity contribution is 0.192. The van der Waals surface area contributed by atoms with Gasteiger partial charge in [0.15, 0.2) is 0 Å². The number of urea groups is 1. The highest BCUT2D eigenvalue weighted by Gasteiger charge is 2.47. The van der Waals surface area contributed by atoms with Crippen LogP contribution >= 0.6 is 0 Å². The smallest absolute Gasteiger partial charge is 0.318 e. The summed E-state index contributed by atoms with van der Waals surface area (Å²) in [6.07, 6.45) is 1.31. The monoisotopic (exact) mass is 284 g/mol. The van der Waals surface area contributed by atoms with Crippen LogP contribution in [0.3, 0.4) is 0 Å².